The second-order valence-electron chi connectivity index (χ2n) is 3.54. The fourth-order valence-electron chi connectivity index (χ4n) is 1.57. The van der Waals surface area contributed by atoms with E-state index in [1.165, 1.54) is 6.08 Å². The summed E-state index contributed by atoms with van der Waals surface area (Å²) in [6.07, 6.45) is -7.30. The largest absolute Gasteiger partial charge is 0.387 e. The van der Waals surface area contributed by atoms with Crippen molar-refractivity contribution in [3.05, 3.63) is 12.7 Å². The van der Waals surface area contributed by atoms with Crippen molar-refractivity contribution in [2.24, 2.45) is 0 Å². The van der Waals surface area contributed by atoms with Gasteiger partial charge in [-0.2, -0.15) is 0 Å². The molecule has 5 N–H and O–H groups in total. The Kier molecular flexibility index (Phi) is 4.21. The van der Waals surface area contributed by atoms with Gasteiger partial charge in [-0.3, -0.25) is 0 Å². The van der Waals surface area contributed by atoms with Crippen molar-refractivity contribution in [3.8, 4) is 0 Å². The molecule has 6 atom stereocenters. The third kappa shape index (κ3) is 2.36. The lowest BCUT2D eigenvalue weighted by Crippen LogP contribution is -2.64. The average Bonchev–Trinajstić information content (AvgIpc) is 2.24. The molecule has 0 amide bonds. The minimum atomic E-state index is -1.58. The summed E-state index contributed by atoms with van der Waals surface area (Å²) in [7, 11) is 0. The van der Waals surface area contributed by atoms with Crippen LogP contribution in [0.25, 0.3) is 0 Å². The third-order valence-corrected chi connectivity index (χ3v) is 2.48. The molecule has 2 unspecified atom stereocenters. The van der Waals surface area contributed by atoms with Crippen LogP contribution in [0.2, 0.25) is 0 Å². The van der Waals surface area contributed by atoms with E-state index < -0.39 is 36.6 Å². The van der Waals surface area contributed by atoms with E-state index in [0.717, 1.165) is 0 Å². The third-order valence-electron chi connectivity index (χ3n) is 2.48. The van der Waals surface area contributed by atoms with E-state index in [9.17, 15) is 25.5 Å². The van der Waals surface area contributed by atoms with Gasteiger partial charge in [0.1, 0.15) is 36.6 Å². The van der Waals surface area contributed by atoms with Crippen molar-refractivity contribution in [2.45, 2.75) is 36.6 Å². The van der Waals surface area contributed by atoms with Gasteiger partial charge in [0.15, 0.2) is 0 Å². The summed E-state index contributed by atoms with van der Waals surface area (Å²) >= 11 is 0. The molecule has 1 saturated carbocycles. The highest BCUT2D eigenvalue weighted by Gasteiger charge is 2.48. The van der Waals surface area contributed by atoms with Crippen LogP contribution in [0, 0.1) is 0 Å². The summed E-state index contributed by atoms with van der Waals surface area (Å²) in [6.45, 7) is 3.45. The van der Waals surface area contributed by atoms with Crippen LogP contribution in [0.5, 0.6) is 0 Å². The van der Waals surface area contributed by atoms with Crippen LogP contribution >= 0.6 is 0 Å². The lowest BCUT2D eigenvalue weighted by atomic mass is 9.85. The van der Waals surface area contributed by atoms with Crippen molar-refractivity contribution in [1.82, 2.24) is 0 Å². The molecule has 0 bridgehead atoms. The van der Waals surface area contributed by atoms with Gasteiger partial charge in [-0.1, -0.05) is 6.08 Å². The molecule has 0 spiro atoms. The predicted molar refractivity (Wildman–Crippen MR) is 50.0 cm³/mol. The van der Waals surface area contributed by atoms with Gasteiger partial charge in [0.25, 0.3) is 0 Å². The van der Waals surface area contributed by atoms with Gasteiger partial charge in [-0.05, 0) is 0 Å². The average molecular weight is 220 g/mol. The molecule has 1 aliphatic rings. The maximum Gasteiger partial charge on any atom is 0.115 e. The van der Waals surface area contributed by atoms with Crippen molar-refractivity contribution >= 4 is 0 Å². The molecule has 0 aliphatic heterocycles. The van der Waals surface area contributed by atoms with Crippen LogP contribution in [0.3, 0.4) is 0 Å². The highest BCUT2D eigenvalue weighted by atomic mass is 16.5. The molecule has 6 nitrogen and oxygen atoms in total. The molecule has 0 aromatic heterocycles. The zero-order valence-corrected chi connectivity index (χ0v) is 8.10. The van der Waals surface area contributed by atoms with Crippen LogP contribution in [0.15, 0.2) is 12.7 Å². The van der Waals surface area contributed by atoms with E-state index in [1.807, 2.05) is 0 Å². The second kappa shape index (κ2) is 5.02. The van der Waals surface area contributed by atoms with Gasteiger partial charge in [-0.15, -0.1) is 6.58 Å². The molecule has 1 fully saturated rings. The molecule has 1 aliphatic carbocycles. The number of aliphatic hydroxyl groups excluding tert-OH is 5. The van der Waals surface area contributed by atoms with Crippen molar-refractivity contribution < 1.29 is 30.3 Å². The van der Waals surface area contributed by atoms with Crippen LogP contribution in [-0.2, 0) is 4.74 Å². The highest BCUT2D eigenvalue weighted by molar-refractivity contribution is 4.99. The number of ether oxygens (including phenoxy) is 1. The minimum absolute atomic E-state index is 0.0638. The lowest BCUT2D eigenvalue weighted by Gasteiger charge is -2.41. The molecule has 6 heteroatoms. The predicted octanol–water partition coefficient (Wildman–Crippen LogP) is -2.62. The summed E-state index contributed by atoms with van der Waals surface area (Å²) in [5, 5.41) is 46.9. The smallest absolute Gasteiger partial charge is 0.115 e. The summed E-state index contributed by atoms with van der Waals surface area (Å²) in [5.74, 6) is 0. The van der Waals surface area contributed by atoms with Crippen molar-refractivity contribution in [1.29, 1.82) is 0 Å². The van der Waals surface area contributed by atoms with Gasteiger partial charge in [0, 0.05) is 0 Å². The van der Waals surface area contributed by atoms with Gasteiger partial charge in [0.2, 0.25) is 0 Å². The highest BCUT2D eigenvalue weighted by Crippen LogP contribution is 2.23. The summed E-state index contributed by atoms with van der Waals surface area (Å²) in [4.78, 5) is 0. The van der Waals surface area contributed by atoms with Crippen LogP contribution in [-0.4, -0.2) is 68.8 Å². The first kappa shape index (κ1) is 12.6. The topological polar surface area (TPSA) is 110 Å². The molecule has 1 rings (SSSR count). The first-order chi connectivity index (χ1) is 7.00. The lowest BCUT2D eigenvalue weighted by molar-refractivity contribution is -0.233. The molecule has 0 aromatic rings. The number of aliphatic hydroxyl groups is 5. The molecular weight excluding hydrogens is 204 g/mol. The molecule has 88 valence electrons. The Morgan fingerprint density at radius 1 is 0.867 bits per heavy atom. The zero-order chi connectivity index (χ0) is 11.6. The quantitative estimate of drug-likeness (QED) is 0.333. The Hall–Kier alpha value is -0.500. The van der Waals surface area contributed by atoms with Gasteiger partial charge in [-0.25, -0.2) is 0 Å². The fraction of sp³-hybridized carbons (Fsp3) is 0.778. The molecule has 0 saturated heterocycles. The molecule has 0 aromatic carbocycles. The maximum absolute atomic E-state index is 9.48. The Morgan fingerprint density at radius 3 is 1.67 bits per heavy atom. The van der Waals surface area contributed by atoms with E-state index >= 15 is 0 Å². The molecule has 0 heterocycles. The van der Waals surface area contributed by atoms with E-state index in [-0.39, 0.29) is 6.61 Å². The van der Waals surface area contributed by atoms with Gasteiger partial charge < -0.3 is 30.3 Å². The molecule has 15 heavy (non-hydrogen) atoms. The Morgan fingerprint density at radius 2 is 1.27 bits per heavy atom. The monoisotopic (exact) mass is 220 g/mol. The standard InChI is InChI=1S/C9H16O6/c1-2-3-15-9-7(13)5(11)4(10)6(12)8(9)14/h2,4-14H,1,3H2/t4?,5-,6+,7+,8-,9?. The van der Waals surface area contributed by atoms with Crippen molar-refractivity contribution in [3.63, 3.8) is 0 Å². The van der Waals surface area contributed by atoms with E-state index in [0.29, 0.717) is 0 Å². The number of hydrogen-bond donors (Lipinski definition) is 5. The Bertz CT molecular complexity index is 205. The Labute approximate surface area is 87.0 Å². The van der Waals surface area contributed by atoms with Crippen LogP contribution < -0.4 is 0 Å². The van der Waals surface area contributed by atoms with E-state index in [1.54, 1.807) is 0 Å². The van der Waals surface area contributed by atoms with Gasteiger partial charge in [0.05, 0.1) is 6.61 Å². The summed E-state index contributed by atoms with van der Waals surface area (Å²) in [5.41, 5.74) is 0. The fourth-order valence-corrected chi connectivity index (χ4v) is 1.57. The first-order valence-corrected chi connectivity index (χ1v) is 4.63. The van der Waals surface area contributed by atoms with Crippen LogP contribution in [0.1, 0.15) is 0 Å². The molecular formula is C9H16O6. The normalized spacial score (nSPS) is 46.5. The zero-order valence-electron chi connectivity index (χ0n) is 8.10. The maximum atomic E-state index is 9.48. The molecule has 0 radical (unpaired) electrons. The van der Waals surface area contributed by atoms with Gasteiger partial charge >= 0.3 is 0 Å². The second-order valence-corrected chi connectivity index (χ2v) is 3.54. The Balaban J connectivity index is 2.72. The van der Waals surface area contributed by atoms with Crippen molar-refractivity contribution in [2.75, 3.05) is 6.61 Å². The van der Waals surface area contributed by atoms with E-state index in [4.69, 9.17) is 4.74 Å². The summed E-state index contributed by atoms with van der Waals surface area (Å²) in [6, 6.07) is 0. The SMILES string of the molecule is C=CCOC1[C@@H](O)[C@H](O)C(O)[C@H](O)[C@H]1O. The summed E-state index contributed by atoms with van der Waals surface area (Å²) < 4.78 is 5.00. The van der Waals surface area contributed by atoms with E-state index in [2.05, 4.69) is 6.58 Å². The minimum Gasteiger partial charge on any atom is -0.387 e. The van der Waals surface area contributed by atoms with Crippen LogP contribution in [0.4, 0.5) is 0 Å². The number of rotatable bonds is 3. The number of hydrogen-bond acceptors (Lipinski definition) is 6. The first-order valence-electron chi connectivity index (χ1n) is 4.63.